The van der Waals surface area contributed by atoms with Gasteiger partial charge in [0.2, 0.25) is 0 Å². The predicted octanol–water partition coefficient (Wildman–Crippen LogP) is 11.8. The Balaban J connectivity index is 0.000000241. The minimum atomic E-state index is -0.933. The summed E-state index contributed by atoms with van der Waals surface area (Å²) in [4.78, 5) is 0. The van der Waals surface area contributed by atoms with E-state index in [1.54, 1.807) is 0 Å². The molecule has 2 aliphatic heterocycles. The van der Waals surface area contributed by atoms with Crippen LogP contribution in [0.2, 0.25) is 0 Å². The summed E-state index contributed by atoms with van der Waals surface area (Å²) in [5.41, 5.74) is 8.04. The molecule has 0 saturated heterocycles. The number of allylic oxidation sites excluding steroid dienone is 1. The topological polar surface area (TPSA) is 157 Å². The van der Waals surface area contributed by atoms with E-state index in [-0.39, 0.29) is 35.2 Å². The Morgan fingerprint density at radius 1 is 0.486 bits per heavy atom. The first-order chi connectivity index (χ1) is 34.1. The van der Waals surface area contributed by atoms with Crippen molar-refractivity contribution < 1.29 is 54.0 Å². The second-order valence-corrected chi connectivity index (χ2v) is 17.0. The first-order valence-electron chi connectivity index (χ1n) is 22.9. The van der Waals surface area contributed by atoms with Crippen molar-refractivity contribution in [1.82, 2.24) is 0 Å². The number of rotatable bonds is 14. The van der Waals surface area contributed by atoms with Crippen molar-refractivity contribution in [2.75, 3.05) is 0 Å². The van der Waals surface area contributed by atoms with E-state index in [2.05, 4.69) is 43.3 Å². The number of fused-ring (bicyclic) bond motifs is 2. The second-order valence-electron chi connectivity index (χ2n) is 17.0. The molecule has 2 atom stereocenters. The lowest BCUT2D eigenvalue weighted by Gasteiger charge is -2.31. The molecular weight excluding hydrogens is 885 g/mol. The molecule has 354 valence electrons. The minimum absolute atomic E-state index is 0.143. The third-order valence-corrected chi connectivity index (χ3v) is 11.8. The number of aromatic hydroxyl groups is 4. The number of aliphatic hydroxyl groups is 1. The van der Waals surface area contributed by atoms with Gasteiger partial charge >= 0.3 is 0 Å². The van der Waals surface area contributed by atoms with E-state index in [9.17, 15) is 25.5 Å². The Bertz CT molecular complexity index is 3070. The van der Waals surface area contributed by atoms with Crippen LogP contribution in [0.25, 0.3) is 5.76 Å². The molecule has 10 rings (SSSR count). The summed E-state index contributed by atoms with van der Waals surface area (Å²) in [6.45, 7) is 3.73. The van der Waals surface area contributed by atoms with Crippen molar-refractivity contribution in [2.24, 2.45) is 0 Å². The third kappa shape index (κ3) is 11.4. The molecule has 0 aromatic heterocycles. The number of aryl methyl sites for hydroxylation is 1. The van der Waals surface area contributed by atoms with Gasteiger partial charge in [-0.2, -0.15) is 0 Å². The van der Waals surface area contributed by atoms with Crippen molar-refractivity contribution in [1.29, 1.82) is 0 Å². The quantitative estimate of drug-likeness (QED) is 0.0661. The van der Waals surface area contributed by atoms with Gasteiger partial charge in [-0.15, -0.1) is 0 Å². The van der Waals surface area contributed by atoms with Crippen LogP contribution in [-0.2, 0) is 44.0 Å². The van der Waals surface area contributed by atoms with Gasteiger partial charge < -0.3 is 54.0 Å². The van der Waals surface area contributed by atoms with Crippen LogP contribution in [-0.4, -0.2) is 31.6 Å². The van der Waals surface area contributed by atoms with Crippen LogP contribution in [0.4, 0.5) is 0 Å². The summed E-state index contributed by atoms with van der Waals surface area (Å²) < 4.78 is 38.1. The highest BCUT2D eigenvalue weighted by molar-refractivity contribution is 5.71. The average Bonchev–Trinajstić information content (AvgIpc) is 3.38. The van der Waals surface area contributed by atoms with Crippen molar-refractivity contribution in [2.45, 2.75) is 58.4 Å². The fourth-order valence-electron chi connectivity index (χ4n) is 8.19. The molecule has 2 heterocycles. The van der Waals surface area contributed by atoms with Crippen LogP contribution >= 0.6 is 0 Å². The number of aliphatic hydroxyl groups excluding tert-OH is 1. The van der Waals surface area contributed by atoms with Gasteiger partial charge in [-0.05, 0) is 82.8 Å². The molecule has 0 radical (unpaired) electrons. The van der Waals surface area contributed by atoms with Crippen molar-refractivity contribution in [3.05, 3.63) is 238 Å². The SMILES string of the molecule is Cc1cc(OCc2ccccc2)c2c(c1)OC(c1ccc(OCc3ccccc3)c(OCc3ccccc3)c1)=C(OCc1ccccc1)C2.Oc1cc(O)c2c(c1)OC(c1ccc(O)c(O)c1)C(O)C2. The molecule has 11 heteroatoms. The van der Waals surface area contributed by atoms with E-state index in [4.69, 9.17) is 28.4 Å². The molecule has 11 nitrogen and oxygen atoms in total. The van der Waals surface area contributed by atoms with Crippen LogP contribution in [0.3, 0.4) is 0 Å². The van der Waals surface area contributed by atoms with Gasteiger partial charge in [-0.3, -0.25) is 0 Å². The first-order valence-corrected chi connectivity index (χ1v) is 22.9. The molecule has 0 amide bonds. The number of hydrogen-bond donors (Lipinski definition) is 5. The Morgan fingerprint density at radius 3 is 1.63 bits per heavy atom. The second kappa shape index (κ2) is 21.6. The zero-order valence-electron chi connectivity index (χ0n) is 38.4. The highest BCUT2D eigenvalue weighted by Gasteiger charge is 2.33. The minimum Gasteiger partial charge on any atom is -0.508 e. The lowest BCUT2D eigenvalue weighted by molar-refractivity contribution is 0.0197. The molecule has 2 aliphatic rings. The highest BCUT2D eigenvalue weighted by atomic mass is 16.5. The smallest absolute Gasteiger partial charge is 0.172 e. The van der Waals surface area contributed by atoms with E-state index >= 15 is 0 Å². The third-order valence-electron chi connectivity index (χ3n) is 11.8. The zero-order chi connectivity index (χ0) is 48.4. The van der Waals surface area contributed by atoms with E-state index in [0.29, 0.717) is 61.2 Å². The molecule has 8 aromatic carbocycles. The summed E-state index contributed by atoms with van der Waals surface area (Å²) in [5, 5.41) is 48.3. The van der Waals surface area contributed by atoms with Crippen LogP contribution < -0.4 is 23.7 Å². The Labute approximate surface area is 406 Å². The predicted molar refractivity (Wildman–Crippen MR) is 265 cm³/mol. The summed E-state index contributed by atoms with van der Waals surface area (Å²) in [7, 11) is 0. The van der Waals surface area contributed by atoms with Gasteiger partial charge in [0.15, 0.2) is 28.8 Å². The summed E-state index contributed by atoms with van der Waals surface area (Å²) in [6.07, 6.45) is -1.05. The van der Waals surface area contributed by atoms with Crippen molar-refractivity contribution in [3.63, 3.8) is 0 Å². The van der Waals surface area contributed by atoms with Crippen LogP contribution in [0, 0.1) is 6.92 Å². The van der Waals surface area contributed by atoms with Crippen LogP contribution in [0.5, 0.6) is 51.7 Å². The molecule has 0 fully saturated rings. The largest absolute Gasteiger partial charge is 0.508 e. The molecular formula is C59H52O11. The van der Waals surface area contributed by atoms with Crippen molar-refractivity contribution >= 4 is 5.76 Å². The lowest BCUT2D eigenvalue weighted by Crippen LogP contribution is -2.30. The molecule has 0 bridgehead atoms. The normalized spacial score (nSPS) is 14.7. The maximum Gasteiger partial charge on any atom is 0.172 e. The molecule has 70 heavy (non-hydrogen) atoms. The van der Waals surface area contributed by atoms with Gasteiger partial charge in [0.25, 0.3) is 0 Å². The van der Waals surface area contributed by atoms with E-state index in [1.807, 2.05) is 115 Å². The Morgan fingerprint density at radius 2 is 1.04 bits per heavy atom. The number of phenols is 4. The van der Waals surface area contributed by atoms with Gasteiger partial charge in [0.05, 0.1) is 6.10 Å². The number of phenolic OH excluding ortho intramolecular Hbond substituents is 4. The summed E-state index contributed by atoms with van der Waals surface area (Å²) in [6, 6.07) is 57.3. The van der Waals surface area contributed by atoms with Crippen molar-refractivity contribution in [3.8, 4) is 51.7 Å². The van der Waals surface area contributed by atoms with Gasteiger partial charge in [0.1, 0.15) is 67.0 Å². The summed E-state index contributed by atoms with van der Waals surface area (Å²) in [5.74, 6) is 3.58. The average molecular weight is 937 g/mol. The fraction of sp³-hybridized carbons (Fsp3) is 0.153. The Hall–Kier alpha value is -8.54. The highest BCUT2D eigenvalue weighted by Crippen LogP contribution is 2.45. The lowest BCUT2D eigenvalue weighted by atomic mass is 9.94. The monoisotopic (exact) mass is 936 g/mol. The molecule has 0 saturated carbocycles. The molecule has 0 spiro atoms. The fourth-order valence-corrected chi connectivity index (χ4v) is 8.19. The maximum absolute atomic E-state index is 10.2. The molecule has 8 aromatic rings. The first kappa shape index (κ1) is 46.6. The van der Waals surface area contributed by atoms with Gasteiger partial charge in [-0.1, -0.05) is 127 Å². The van der Waals surface area contributed by atoms with Gasteiger partial charge in [-0.25, -0.2) is 0 Å². The standard InChI is InChI=1S/C44H38O5.C15H14O6/c1-32-24-40(46-29-34-16-8-3-9-17-34)38-27-43(48-31-36-20-12-5-13-21-36)44(49-41(38)25-32)37-22-23-39(45-28-33-14-6-2-7-15-33)42(26-37)47-30-35-18-10-4-11-19-35;16-8-4-11(18)9-6-13(20)15(21-14(9)5-8)7-1-2-10(17)12(19)3-7/h2-26H,27-31H2,1H3;1-5,13,15-20H,6H2. The number of ether oxygens (including phenoxy) is 6. The van der Waals surface area contributed by atoms with E-state index in [0.717, 1.165) is 56.2 Å². The van der Waals surface area contributed by atoms with Crippen LogP contribution in [0.15, 0.2) is 188 Å². The molecule has 0 aliphatic carbocycles. The molecule has 2 unspecified atom stereocenters. The number of benzene rings is 8. The Kier molecular flexibility index (Phi) is 14.4. The maximum atomic E-state index is 10.2. The van der Waals surface area contributed by atoms with Crippen LogP contribution in [0.1, 0.15) is 56.2 Å². The van der Waals surface area contributed by atoms with E-state index < -0.39 is 12.2 Å². The summed E-state index contributed by atoms with van der Waals surface area (Å²) >= 11 is 0. The number of hydrogen-bond acceptors (Lipinski definition) is 11. The van der Waals surface area contributed by atoms with E-state index in [1.165, 1.54) is 30.3 Å². The van der Waals surface area contributed by atoms with Gasteiger partial charge in [0, 0.05) is 41.7 Å². The zero-order valence-corrected chi connectivity index (χ0v) is 38.4. The molecule has 5 N–H and O–H groups in total.